The number of fused-ring (bicyclic) bond motifs is 1. The highest BCUT2D eigenvalue weighted by atomic mass is 14.6. The van der Waals surface area contributed by atoms with Crippen LogP contribution >= 0.6 is 0 Å². The number of hydrogen-bond acceptors (Lipinski definition) is 1. The van der Waals surface area contributed by atoms with Crippen molar-refractivity contribution in [2.24, 2.45) is 11.1 Å². The zero-order valence-electron chi connectivity index (χ0n) is 10.4. The van der Waals surface area contributed by atoms with Gasteiger partial charge in [-0.2, -0.15) is 0 Å². The molecular weight excluding hydrogens is 206 g/mol. The molecule has 0 aliphatic heterocycles. The second-order valence-corrected chi connectivity index (χ2v) is 5.57. The summed E-state index contributed by atoms with van der Waals surface area (Å²) in [6.07, 6.45) is 3.75. The Bertz CT molecular complexity index is 552. The molecule has 1 heteroatoms. The summed E-state index contributed by atoms with van der Waals surface area (Å²) in [5.41, 5.74) is 9.04. The van der Waals surface area contributed by atoms with Crippen molar-refractivity contribution < 1.29 is 0 Å². The summed E-state index contributed by atoms with van der Waals surface area (Å²) < 4.78 is 0. The lowest BCUT2D eigenvalue weighted by atomic mass is 9.94. The van der Waals surface area contributed by atoms with Gasteiger partial charge in [0.2, 0.25) is 0 Å². The highest BCUT2D eigenvalue weighted by Crippen LogP contribution is 2.47. The first kappa shape index (κ1) is 10.8. The van der Waals surface area contributed by atoms with Gasteiger partial charge in [0.15, 0.2) is 0 Å². The molecular formula is C16H19N. The van der Waals surface area contributed by atoms with Crippen LogP contribution in [-0.4, -0.2) is 6.54 Å². The van der Waals surface area contributed by atoms with E-state index in [1.54, 1.807) is 0 Å². The summed E-state index contributed by atoms with van der Waals surface area (Å²) in [4.78, 5) is 0. The van der Waals surface area contributed by atoms with E-state index in [-0.39, 0.29) is 0 Å². The van der Waals surface area contributed by atoms with Crippen LogP contribution in [0.3, 0.4) is 0 Å². The molecule has 1 nitrogen and oxygen atoms in total. The second kappa shape index (κ2) is 3.85. The Kier molecular flexibility index (Phi) is 2.44. The molecule has 0 spiro atoms. The largest absolute Gasteiger partial charge is 0.330 e. The smallest absolute Gasteiger partial charge is 0.00173 e. The number of aryl methyl sites for hydroxylation is 1. The van der Waals surface area contributed by atoms with Crippen molar-refractivity contribution in [1.82, 2.24) is 0 Å². The van der Waals surface area contributed by atoms with Gasteiger partial charge < -0.3 is 5.73 Å². The summed E-state index contributed by atoms with van der Waals surface area (Å²) in [5, 5.41) is 2.69. The fraction of sp³-hybridized carbons (Fsp3) is 0.375. The molecule has 0 aromatic heterocycles. The van der Waals surface area contributed by atoms with Gasteiger partial charge in [0, 0.05) is 0 Å². The van der Waals surface area contributed by atoms with Crippen molar-refractivity contribution in [2.75, 3.05) is 6.54 Å². The van der Waals surface area contributed by atoms with Crippen LogP contribution in [0.25, 0.3) is 10.8 Å². The molecule has 3 rings (SSSR count). The summed E-state index contributed by atoms with van der Waals surface area (Å²) in [6, 6.07) is 13.5. The minimum Gasteiger partial charge on any atom is -0.330 e. The predicted octanol–water partition coefficient (Wildman–Crippen LogP) is 3.43. The molecule has 1 fully saturated rings. The van der Waals surface area contributed by atoms with Crippen molar-refractivity contribution in [3.05, 3.63) is 47.5 Å². The van der Waals surface area contributed by atoms with Crippen LogP contribution in [0.4, 0.5) is 0 Å². The van der Waals surface area contributed by atoms with Crippen LogP contribution in [-0.2, 0) is 6.42 Å². The first-order chi connectivity index (χ1) is 8.21. The van der Waals surface area contributed by atoms with E-state index in [0.717, 1.165) is 13.0 Å². The average molecular weight is 225 g/mol. The minimum absolute atomic E-state index is 0.429. The molecule has 0 unspecified atom stereocenters. The highest BCUT2D eigenvalue weighted by molar-refractivity contribution is 5.83. The number of rotatable bonds is 3. The van der Waals surface area contributed by atoms with E-state index in [9.17, 15) is 0 Å². The Hall–Kier alpha value is -1.34. The molecule has 0 atom stereocenters. The SMILES string of the molecule is Cc1ccc2cc(CC3(CN)CC3)ccc2c1. The molecule has 2 aromatic carbocycles. The van der Waals surface area contributed by atoms with Crippen molar-refractivity contribution >= 4 is 10.8 Å². The van der Waals surface area contributed by atoms with Gasteiger partial charge in [0.25, 0.3) is 0 Å². The Labute approximate surface area is 103 Å². The molecule has 2 aromatic rings. The molecule has 1 saturated carbocycles. The van der Waals surface area contributed by atoms with Gasteiger partial charge >= 0.3 is 0 Å². The molecule has 88 valence electrons. The summed E-state index contributed by atoms with van der Waals surface area (Å²) >= 11 is 0. The third-order valence-electron chi connectivity index (χ3n) is 4.03. The van der Waals surface area contributed by atoms with Crippen LogP contribution in [0.2, 0.25) is 0 Å². The lowest BCUT2D eigenvalue weighted by Crippen LogP contribution is -2.17. The fourth-order valence-electron chi connectivity index (χ4n) is 2.59. The van der Waals surface area contributed by atoms with E-state index in [1.807, 2.05) is 0 Å². The first-order valence-electron chi connectivity index (χ1n) is 6.40. The number of benzene rings is 2. The Balaban J connectivity index is 1.94. The van der Waals surface area contributed by atoms with E-state index in [0.29, 0.717) is 5.41 Å². The summed E-state index contributed by atoms with van der Waals surface area (Å²) in [5.74, 6) is 0. The molecule has 0 heterocycles. The van der Waals surface area contributed by atoms with Crippen molar-refractivity contribution in [2.45, 2.75) is 26.2 Å². The monoisotopic (exact) mass is 225 g/mol. The lowest BCUT2D eigenvalue weighted by Gasteiger charge is -2.12. The second-order valence-electron chi connectivity index (χ2n) is 5.57. The van der Waals surface area contributed by atoms with E-state index in [4.69, 9.17) is 5.73 Å². The van der Waals surface area contributed by atoms with E-state index >= 15 is 0 Å². The van der Waals surface area contributed by atoms with Gasteiger partial charge in [0.1, 0.15) is 0 Å². The molecule has 0 bridgehead atoms. The van der Waals surface area contributed by atoms with Crippen molar-refractivity contribution in [1.29, 1.82) is 0 Å². The van der Waals surface area contributed by atoms with Gasteiger partial charge in [-0.25, -0.2) is 0 Å². The van der Waals surface area contributed by atoms with Gasteiger partial charge in [-0.1, -0.05) is 42.0 Å². The fourth-order valence-corrected chi connectivity index (χ4v) is 2.59. The Morgan fingerprint density at radius 3 is 2.47 bits per heavy atom. The number of hydrogen-bond donors (Lipinski definition) is 1. The van der Waals surface area contributed by atoms with Gasteiger partial charge in [-0.15, -0.1) is 0 Å². The van der Waals surface area contributed by atoms with Crippen LogP contribution in [0.5, 0.6) is 0 Å². The Morgan fingerprint density at radius 1 is 1.06 bits per heavy atom. The van der Waals surface area contributed by atoms with E-state index in [1.165, 1.54) is 34.7 Å². The molecule has 2 N–H and O–H groups in total. The molecule has 0 amide bonds. The Morgan fingerprint density at radius 2 is 1.76 bits per heavy atom. The average Bonchev–Trinajstić information content (AvgIpc) is 3.10. The maximum absolute atomic E-state index is 5.85. The maximum atomic E-state index is 5.85. The van der Waals surface area contributed by atoms with Gasteiger partial charge in [-0.3, -0.25) is 0 Å². The predicted molar refractivity (Wildman–Crippen MR) is 73.1 cm³/mol. The third-order valence-corrected chi connectivity index (χ3v) is 4.03. The molecule has 0 radical (unpaired) electrons. The van der Waals surface area contributed by atoms with Crippen LogP contribution in [0.15, 0.2) is 36.4 Å². The highest BCUT2D eigenvalue weighted by Gasteiger charge is 2.40. The van der Waals surface area contributed by atoms with E-state index in [2.05, 4.69) is 43.3 Å². The molecule has 17 heavy (non-hydrogen) atoms. The topological polar surface area (TPSA) is 26.0 Å². The molecule has 1 aliphatic carbocycles. The summed E-state index contributed by atoms with van der Waals surface area (Å²) in [6.45, 7) is 2.97. The summed E-state index contributed by atoms with van der Waals surface area (Å²) in [7, 11) is 0. The quantitative estimate of drug-likeness (QED) is 0.851. The third kappa shape index (κ3) is 2.07. The standard InChI is InChI=1S/C16H19N/c1-12-2-4-15-9-13(3-5-14(15)8-12)10-16(11-17)6-7-16/h2-5,8-9H,6-7,10-11,17H2,1H3. The zero-order chi connectivity index (χ0) is 11.9. The minimum atomic E-state index is 0.429. The van der Waals surface area contributed by atoms with Crippen LogP contribution in [0, 0.1) is 12.3 Å². The normalized spacial score (nSPS) is 17.3. The lowest BCUT2D eigenvalue weighted by molar-refractivity contribution is 0.521. The maximum Gasteiger partial charge on any atom is -0.00173 e. The van der Waals surface area contributed by atoms with Crippen LogP contribution < -0.4 is 5.73 Å². The first-order valence-corrected chi connectivity index (χ1v) is 6.40. The molecule has 1 aliphatic rings. The number of nitrogens with two attached hydrogens (primary N) is 1. The van der Waals surface area contributed by atoms with Crippen molar-refractivity contribution in [3.8, 4) is 0 Å². The van der Waals surface area contributed by atoms with Crippen LogP contribution in [0.1, 0.15) is 24.0 Å². The zero-order valence-corrected chi connectivity index (χ0v) is 10.4. The molecule has 0 saturated heterocycles. The van der Waals surface area contributed by atoms with Gasteiger partial charge in [-0.05, 0) is 54.5 Å². The van der Waals surface area contributed by atoms with E-state index < -0.39 is 0 Å². The van der Waals surface area contributed by atoms with Crippen molar-refractivity contribution in [3.63, 3.8) is 0 Å². The van der Waals surface area contributed by atoms with Gasteiger partial charge in [0.05, 0.1) is 0 Å².